The number of hydrogen-bond acceptors (Lipinski definition) is 7. The highest BCUT2D eigenvalue weighted by Crippen LogP contribution is 2.39. The molecule has 1 N–H and O–H groups in total. The molecule has 0 unspecified atom stereocenters. The monoisotopic (exact) mass is 423 g/mol. The molecule has 0 aliphatic heterocycles. The van der Waals surface area contributed by atoms with Crippen molar-refractivity contribution in [3.05, 3.63) is 61.4 Å². The summed E-state index contributed by atoms with van der Waals surface area (Å²) in [6.45, 7) is -3.06. The molecule has 152 valence electrons. The topological polar surface area (TPSA) is 90.8 Å². The zero-order valence-electron chi connectivity index (χ0n) is 15.2. The lowest BCUT2D eigenvalue weighted by Gasteiger charge is -2.14. The number of carbonyl (C=O) groups excluding carboxylic acids is 1. The van der Waals surface area contributed by atoms with Gasteiger partial charge in [0.1, 0.15) is 0 Å². The molecule has 0 radical (unpaired) electrons. The summed E-state index contributed by atoms with van der Waals surface area (Å²) in [6.07, 6.45) is 4.14. The van der Waals surface area contributed by atoms with Crippen LogP contribution in [-0.2, 0) is 0 Å². The highest BCUT2D eigenvalue weighted by atomic mass is 32.1. The first-order chi connectivity index (χ1) is 13.9. The number of alkyl halides is 2. The van der Waals surface area contributed by atoms with Crippen molar-refractivity contribution in [3.63, 3.8) is 0 Å². The van der Waals surface area contributed by atoms with E-state index in [0.717, 1.165) is 11.3 Å². The van der Waals surface area contributed by atoms with Crippen LogP contribution in [0.5, 0.6) is 17.2 Å². The number of ketones is 1. The van der Waals surface area contributed by atoms with Gasteiger partial charge in [0.2, 0.25) is 11.5 Å². The number of carbonyl (C=O) groups is 1. The van der Waals surface area contributed by atoms with Crippen LogP contribution in [0.4, 0.5) is 8.78 Å². The van der Waals surface area contributed by atoms with E-state index in [1.807, 2.05) is 0 Å². The van der Waals surface area contributed by atoms with E-state index in [1.165, 1.54) is 50.8 Å². The van der Waals surface area contributed by atoms with E-state index in [-0.39, 0.29) is 27.5 Å². The van der Waals surface area contributed by atoms with E-state index < -0.39 is 18.0 Å². The fourth-order valence-corrected chi connectivity index (χ4v) is 3.36. The Labute approximate surface area is 166 Å². The summed E-state index contributed by atoms with van der Waals surface area (Å²) >= 11 is 1.05. The maximum Gasteiger partial charge on any atom is 0.387 e. The van der Waals surface area contributed by atoms with Crippen molar-refractivity contribution in [1.82, 2.24) is 4.98 Å². The molecular formula is C19H15F2NO6S. The number of Topliss-reactive ketones (excluding diaryl/α,β-unsaturated/α-hetero) is 1. The Morgan fingerprint density at radius 3 is 2.48 bits per heavy atom. The van der Waals surface area contributed by atoms with Crippen LogP contribution in [0.1, 0.15) is 16.1 Å². The van der Waals surface area contributed by atoms with Crippen molar-refractivity contribution in [2.75, 3.05) is 14.2 Å². The van der Waals surface area contributed by atoms with Gasteiger partial charge in [0.05, 0.1) is 29.7 Å². The number of aromatic nitrogens is 1. The Morgan fingerprint density at radius 1 is 1.24 bits per heavy atom. The molecule has 0 spiro atoms. The lowest BCUT2D eigenvalue weighted by atomic mass is 10.1. The van der Waals surface area contributed by atoms with Gasteiger partial charge in [-0.3, -0.25) is 9.59 Å². The number of rotatable bonds is 7. The molecule has 2 heterocycles. The molecule has 0 aliphatic carbocycles. The van der Waals surface area contributed by atoms with Gasteiger partial charge in [-0.15, -0.1) is 11.3 Å². The fourth-order valence-electron chi connectivity index (χ4n) is 2.47. The summed E-state index contributed by atoms with van der Waals surface area (Å²) in [5.41, 5.74) is 0.0379. The van der Waals surface area contributed by atoms with Crippen molar-refractivity contribution in [1.29, 1.82) is 0 Å². The van der Waals surface area contributed by atoms with Crippen LogP contribution in [0, 0.1) is 0 Å². The van der Waals surface area contributed by atoms with E-state index in [1.54, 1.807) is 6.07 Å². The zero-order valence-corrected chi connectivity index (χ0v) is 16.0. The summed E-state index contributed by atoms with van der Waals surface area (Å²) in [5.74, 6) is -0.461. The number of benzene rings is 1. The third-order valence-corrected chi connectivity index (χ3v) is 4.66. The van der Waals surface area contributed by atoms with Gasteiger partial charge in [-0.1, -0.05) is 0 Å². The van der Waals surface area contributed by atoms with E-state index in [2.05, 4.69) is 9.72 Å². The molecule has 0 atom stereocenters. The van der Waals surface area contributed by atoms with E-state index >= 15 is 0 Å². The van der Waals surface area contributed by atoms with Gasteiger partial charge in [-0.2, -0.15) is 8.78 Å². The Kier molecular flexibility index (Phi) is 6.13. The van der Waals surface area contributed by atoms with Crippen LogP contribution >= 0.6 is 11.3 Å². The van der Waals surface area contributed by atoms with Gasteiger partial charge >= 0.3 is 6.61 Å². The Hall–Kier alpha value is -3.40. The SMILES string of the molecule is COc1cc(/C=c2\s/c(=C\C(=O)c3ccco3)[nH]c2=O)cc(OC)c1OC(F)F. The largest absolute Gasteiger partial charge is 0.493 e. The highest BCUT2D eigenvalue weighted by molar-refractivity contribution is 7.07. The zero-order chi connectivity index (χ0) is 21.0. The lowest BCUT2D eigenvalue weighted by molar-refractivity contribution is -0.0526. The quantitative estimate of drug-likeness (QED) is 0.586. The Balaban J connectivity index is 2.03. The second-order valence-corrected chi connectivity index (χ2v) is 6.63. The number of aromatic amines is 1. The van der Waals surface area contributed by atoms with Gasteiger partial charge in [-0.05, 0) is 35.9 Å². The van der Waals surface area contributed by atoms with Gasteiger partial charge < -0.3 is 23.6 Å². The first-order valence-corrected chi connectivity index (χ1v) is 8.94. The number of halogens is 2. The summed E-state index contributed by atoms with van der Waals surface area (Å²) in [7, 11) is 2.59. The molecule has 0 aliphatic rings. The minimum absolute atomic E-state index is 0.0173. The van der Waals surface area contributed by atoms with Crippen LogP contribution in [0.2, 0.25) is 0 Å². The molecular weight excluding hydrogens is 408 g/mol. The third-order valence-electron chi connectivity index (χ3n) is 3.69. The number of furan rings is 1. The summed E-state index contributed by atoms with van der Waals surface area (Å²) in [4.78, 5) is 26.9. The Morgan fingerprint density at radius 2 is 1.93 bits per heavy atom. The molecule has 0 saturated heterocycles. The van der Waals surface area contributed by atoms with Crippen LogP contribution in [0.3, 0.4) is 0 Å². The summed E-state index contributed by atoms with van der Waals surface area (Å²) in [5, 5.41) is 0. The van der Waals surface area contributed by atoms with Crippen LogP contribution < -0.4 is 29.0 Å². The standard InChI is InChI=1S/C19H15F2NO6S/c1-25-13-6-10(7-14(26-2)17(13)28-19(20)21)8-15-18(24)22-16(29-15)9-11(23)12-4-3-5-27-12/h3-9,19H,1-2H3,(H,22,24)/b15-8-,16-9-. The smallest absolute Gasteiger partial charge is 0.387 e. The maximum atomic E-state index is 12.6. The minimum Gasteiger partial charge on any atom is -0.493 e. The molecule has 2 aromatic heterocycles. The van der Waals surface area contributed by atoms with Crippen molar-refractivity contribution in [2.24, 2.45) is 0 Å². The van der Waals surface area contributed by atoms with Crippen LogP contribution in [0.15, 0.2) is 39.7 Å². The molecule has 1 aromatic carbocycles. The molecule has 0 fully saturated rings. The fraction of sp³-hybridized carbons (Fsp3) is 0.158. The number of hydrogen-bond donors (Lipinski definition) is 1. The van der Waals surface area contributed by atoms with E-state index in [9.17, 15) is 18.4 Å². The van der Waals surface area contributed by atoms with E-state index in [0.29, 0.717) is 10.2 Å². The van der Waals surface area contributed by atoms with Gasteiger partial charge in [0.25, 0.3) is 5.56 Å². The number of ether oxygens (including phenoxy) is 3. The van der Waals surface area contributed by atoms with Gasteiger partial charge in [0.15, 0.2) is 17.3 Å². The van der Waals surface area contributed by atoms with E-state index in [4.69, 9.17) is 13.9 Å². The number of methoxy groups -OCH3 is 2. The average Bonchev–Trinajstić information content (AvgIpc) is 3.32. The molecule has 0 amide bonds. The predicted octanol–water partition coefficient (Wildman–Crippen LogP) is 2.14. The Bertz CT molecular complexity index is 1160. The maximum absolute atomic E-state index is 12.6. The van der Waals surface area contributed by atoms with Crippen molar-refractivity contribution >= 4 is 29.3 Å². The van der Waals surface area contributed by atoms with Crippen LogP contribution in [-0.4, -0.2) is 31.6 Å². The number of H-pyrrole nitrogens is 1. The minimum atomic E-state index is -3.06. The molecule has 7 nitrogen and oxygen atoms in total. The second-order valence-electron chi connectivity index (χ2n) is 5.55. The highest BCUT2D eigenvalue weighted by Gasteiger charge is 2.17. The van der Waals surface area contributed by atoms with Crippen molar-refractivity contribution < 1.29 is 32.2 Å². The predicted molar refractivity (Wildman–Crippen MR) is 101 cm³/mol. The number of thiazole rings is 1. The third kappa shape index (κ3) is 4.72. The summed E-state index contributed by atoms with van der Waals surface area (Å²) in [6, 6.07) is 5.95. The summed E-state index contributed by atoms with van der Waals surface area (Å²) < 4.78 is 45.6. The number of nitrogens with one attached hydrogen (secondary N) is 1. The van der Waals surface area contributed by atoms with Crippen molar-refractivity contribution in [3.8, 4) is 17.2 Å². The lowest BCUT2D eigenvalue weighted by Crippen LogP contribution is -2.20. The molecule has 0 saturated carbocycles. The average molecular weight is 423 g/mol. The van der Waals surface area contributed by atoms with Crippen LogP contribution in [0.25, 0.3) is 12.2 Å². The second kappa shape index (κ2) is 8.74. The molecule has 29 heavy (non-hydrogen) atoms. The molecule has 3 rings (SSSR count). The first kappa shape index (κ1) is 20.3. The molecule has 0 bridgehead atoms. The first-order valence-electron chi connectivity index (χ1n) is 8.12. The molecule has 10 heteroatoms. The normalized spacial score (nSPS) is 12.4. The molecule has 3 aromatic rings. The van der Waals surface area contributed by atoms with Gasteiger partial charge in [-0.25, -0.2) is 0 Å². The van der Waals surface area contributed by atoms with Crippen molar-refractivity contribution in [2.45, 2.75) is 6.61 Å². The van der Waals surface area contributed by atoms with Gasteiger partial charge in [0, 0.05) is 6.08 Å².